The maximum absolute atomic E-state index is 5.69. The maximum atomic E-state index is 5.69. The molecule has 0 amide bonds. The number of benzene rings is 2. The van der Waals surface area contributed by atoms with Crippen LogP contribution in [-0.4, -0.2) is 20.0 Å². The van der Waals surface area contributed by atoms with E-state index in [9.17, 15) is 0 Å². The van der Waals surface area contributed by atoms with Crippen molar-refractivity contribution in [2.45, 2.75) is 0 Å². The Balaban J connectivity index is 1.71. The summed E-state index contributed by atoms with van der Waals surface area (Å²) in [5.41, 5.74) is 10.6. The van der Waals surface area contributed by atoms with Crippen LogP contribution in [-0.2, 0) is 0 Å². The standard InChI is InChI=1S/C17H13N5S/c18-17-20-15(11-23-17)12-6-8-14(9-7-12)22-16(10-19-21-22)13-4-2-1-3-5-13/h1-11H,(H2,18,20). The van der Waals surface area contributed by atoms with Crippen molar-refractivity contribution in [3.05, 3.63) is 66.2 Å². The van der Waals surface area contributed by atoms with Gasteiger partial charge in [0.05, 0.1) is 23.3 Å². The Labute approximate surface area is 137 Å². The summed E-state index contributed by atoms with van der Waals surface area (Å²) >= 11 is 1.44. The summed E-state index contributed by atoms with van der Waals surface area (Å²) in [6.07, 6.45) is 1.77. The summed E-state index contributed by atoms with van der Waals surface area (Å²) in [5.74, 6) is 0. The number of thiazole rings is 1. The van der Waals surface area contributed by atoms with Crippen LogP contribution in [0.4, 0.5) is 5.13 Å². The van der Waals surface area contributed by atoms with Crippen LogP contribution < -0.4 is 5.73 Å². The van der Waals surface area contributed by atoms with Crippen LogP contribution in [0.2, 0.25) is 0 Å². The van der Waals surface area contributed by atoms with E-state index in [0.717, 1.165) is 28.2 Å². The number of nitrogens with two attached hydrogens (primary N) is 1. The third-order valence-corrected chi connectivity index (χ3v) is 4.22. The van der Waals surface area contributed by atoms with Gasteiger partial charge in [-0.25, -0.2) is 9.67 Å². The molecule has 112 valence electrons. The van der Waals surface area contributed by atoms with E-state index in [1.54, 1.807) is 6.20 Å². The summed E-state index contributed by atoms with van der Waals surface area (Å²) < 4.78 is 1.83. The predicted molar refractivity (Wildman–Crippen MR) is 92.3 cm³/mol. The molecular formula is C17H13N5S. The number of anilines is 1. The molecule has 5 nitrogen and oxygen atoms in total. The van der Waals surface area contributed by atoms with Crippen molar-refractivity contribution < 1.29 is 0 Å². The highest BCUT2D eigenvalue weighted by molar-refractivity contribution is 7.13. The third-order valence-electron chi connectivity index (χ3n) is 3.55. The van der Waals surface area contributed by atoms with Crippen LogP contribution in [0.1, 0.15) is 0 Å². The average Bonchev–Trinajstić information content (AvgIpc) is 3.25. The molecule has 0 atom stereocenters. The Kier molecular flexibility index (Phi) is 3.36. The van der Waals surface area contributed by atoms with Crippen molar-refractivity contribution in [3.63, 3.8) is 0 Å². The molecule has 0 aliphatic carbocycles. The molecule has 4 aromatic rings. The van der Waals surface area contributed by atoms with E-state index in [0.29, 0.717) is 5.13 Å². The Morgan fingerprint density at radius 1 is 0.913 bits per heavy atom. The second kappa shape index (κ2) is 5.66. The molecule has 2 aromatic carbocycles. The van der Waals surface area contributed by atoms with E-state index in [1.165, 1.54) is 11.3 Å². The van der Waals surface area contributed by atoms with Gasteiger partial charge in [-0.05, 0) is 12.1 Å². The second-order valence-corrected chi connectivity index (χ2v) is 5.90. The van der Waals surface area contributed by atoms with Gasteiger partial charge in [-0.2, -0.15) is 0 Å². The van der Waals surface area contributed by atoms with Crippen LogP contribution in [0, 0.1) is 0 Å². The van der Waals surface area contributed by atoms with Gasteiger partial charge < -0.3 is 5.73 Å². The maximum Gasteiger partial charge on any atom is 0.180 e. The van der Waals surface area contributed by atoms with Gasteiger partial charge in [0.25, 0.3) is 0 Å². The van der Waals surface area contributed by atoms with Crippen molar-refractivity contribution in [2.75, 3.05) is 5.73 Å². The van der Waals surface area contributed by atoms with Crippen molar-refractivity contribution in [1.82, 2.24) is 20.0 Å². The first kappa shape index (κ1) is 13.7. The van der Waals surface area contributed by atoms with Crippen molar-refractivity contribution in [2.24, 2.45) is 0 Å². The number of hydrogen-bond acceptors (Lipinski definition) is 5. The minimum Gasteiger partial charge on any atom is -0.375 e. The molecule has 0 radical (unpaired) electrons. The molecule has 2 heterocycles. The summed E-state index contributed by atoms with van der Waals surface area (Å²) in [6, 6.07) is 18.1. The van der Waals surface area contributed by atoms with E-state index >= 15 is 0 Å². The molecule has 2 N–H and O–H groups in total. The van der Waals surface area contributed by atoms with Gasteiger partial charge in [-0.1, -0.05) is 47.7 Å². The lowest BCUT2D eigenvalue weighted by Gasteiger charge is -2.07. The quantitative estimate of drug-likeness (QED) is 0.626. The van der Waals surface area contributed by atoms with Crippen LogP contribution in [0.3, 0.4) is 0 Å². The van der Waals surface area contributed by atoms with Crippen molar-refractivity contribution >= 4 is 16.5 Å². The molecule has 0 unspecified atom stereocenters. The van der Waals surface area contributed by atoms with Gasteiger partial charge in [-0.15, -0.1) is 16.4 Å². The van der Waals surface area contributed by atoms with E-state index < -0.39 is 0 Å². The van der Waals surface area contributed by atoms with Crippen LogP contribution in [0.5, 0.6) is 0 Å². The minimum absolute atomic E-state index is 0.576. The first-order chi connectivity index (χ1) is 11.3. The number of aromatic nitrogens is 4. The van der Waals surface area contributed by atoms with Gasteiger partial charge in [0.1, 0.15) is 0 Å². The number of nitrogens with zero attached hydrogens (tertiary/aromatic N) is 4. The SMILES string of the molecule is Nc1nc(-c2ccc(-n3nncc3-c3ccccc3)cc2)cs1. The molecule has 0 spiro atoms. The molecule has 0 saturated carbocycles. The Morgan fingerprint density at radius 3 is 2.39 bits per heavy atom. The number of rotatable bonds is 3. The zero-order chi connectivity index (χ0) is 15.6. The lowest BCUT2D eigenvalue weighted by atomic mass is 10.1. The predicted octanol–water partition coefficient (Wildman–Crippen LogP) is 3.64. The second-order valence-electron chi connectivity index (χ2n) is 5.01. The van der Waals surface area contributed by atoms with Gasteiger partial charge in [0.2, 0.25) is 0 Å². The fraction of sp³-hybridized carbons (Fsp3) is 0. The van der Waals surface area contributed by atoms with Crippen LogP contribution >= 0.6 is 11.3 Å². The molecule has 0 saturated heterocycles. The van der Waals surface area contributed by atoms with E-state index in [-0.39, 0.29) is 0 Å². The highest BCUT2D eigenvalue weighted by atomic mass is 32.1. The first-order valence-electron chi connectivity index (χ1n) is 7.09. The zero-order valence-electron chi connectivity index (χ0n) is 12.1. The van der Waals surface area contributed by atoms with Gasteiger partial charge in [0.15, 0.2) is 5.13 Å². The van der Waals surface area contributed by atoms with Gasteiger partial charge in [0, 0.05) is 16.5 Å². The minimum atomic E-state index is 0.576. The smallest absolute Gasteiger partial charge is 0.180 e. The van der Waals surface area contributed by atoms with E-state index in [4.69, 9.17) is 5.73 Å². The highest BCUT2D eigenvalue weighted by Crippen LogP contribution is 2.25. The molecule has 4 rings (SSSR count). The molecular weight excluding hydrogens is 306 g/mol. The van der Waals surface area contributed by atoms with Crippen molar-refractivity contribution in [1.29, 1.82) is 0 Å². The zero-order valence-corrected chi connectivity index (χ0v) is 12.9. The molecule has 0 bridgehead atoms. The Hall–Kier alpha value is -2.99. The molecule has 6 heteroatoms. The first-order valence-corrected chi connectivity index (χ1v) is 7.97. The summed E-state index contributed by atoms with van der Waals surface area (Å²) in [4.78, 5) is 4.30. The number of hydrogen-bond donors (Lipinski definition) is 1. The molecule has 0 aliphatic rings. The topological polar surface area (TPSA) is 69.6 Å². The molecule has 0 aliphatic heterocycles. The van der Waals surface area contributed by atoms with Crippen LogP contribution in [0.25, 0.3) is 28.2 Å². The fourth-order valence-corrected chi connectivity index (χ4v) is 3.00. The molecule has 23 heavy (non-hydrogen) atoms. The monoisotopic (exact) mass is 319 g/mol. The summed E-state index contributed by atoms with van der Waals surface area (Å²) in [5, 5.41) is 10.8. The van der Waals surface area contributed by atoms with E-state index in [1.807, 2.05) is 64.7 Å². The molecule has 0 fully saturated rings. The Morgan fingerprint density at radius 2 is 1.70 bits per heavy atom. The summed E-state index contributed by atoms with van der Waals surface area (Å²) in [7, 11) is 0. The third kappa shape index (κ3) is 2.60. The summed E-state index contributed by atoms with van der Waals surface area (Å²) in [6.45, 7) is 0. The number of nitrogen functional groups attached to an aromatic ring is 1. The van der Waals surface area contributed by atoms with Crippen molar-refractivity contribution in [3.8, 4) is 28.2 Å². The fourth-order valence-electron chi connectivity index (χ4n) is 2.43. The molecule has 2 aromatic heterocycles. The van der Waals surface area contributed by atoms with Crippen LogP contribution in [0.15, 0.2) is 66.2 Å². The van der Waals surface area contributed by atoms with E-state index in [2.05, 4.69) is 15.3 Å². The average molecular weight is 319 g/mol. The lowest BCUT2D eigenvalue weighted by molar-refractivity contribution is 0.808. The lowest BCUT2D eigenvalue weighted by Crippen LogP contribution is -1.99. The highest BCUT2D eigenvalue weighted by Gasteiger charge is 2.09. The van der Waals surface area contributed by atoms with Gasteiger partial charge >= 0.3 is 0 Å². The largest absolute Gasteiger partial charge is 0.375 e. The normalized spacial score (nSPS) is 10.8. The Bertz CT molecular complexity index is 925. The van der Waals surface area contributed by atoms with Gasteiger partial charge in [-0.3, -0.25) is 0 Å².